The highest BCUT2D eigenvalue weighted by molar-refractivity contribution is 5.72. The Morgan fingerprint density at radius 2 is 1.93 bits per heavy atom. The molecule has 0 saturated heterocycles. The van der Waals surface area contributed by atoms with Gasteiger partial charge in [-0.3, -0.25) is 0 Å². The Morgan fingerprint density at radius 1 is 1.33 bits per heavy atom. The van der Waals surface area contributed by atoms with Crippen LogP contribution in [0, 0.1) is 0 Å². The maximum Gasteiger partial charge on any atom is 0.334 e. The largest absolute Gasteiger partial charge is 0.479 e. The van der Waals surface area contributed by atoms with E-state index >= 15 is 0 Å². The van der Waals surface area contributed by atoms with Crippen LogP contribution in [0.4, 0.5) is 0 Å². The third kappa shape index (κ3) is 3.69. The molecule has 15 heavy (non-hydrogen) atoms. The van der Waals surface area contributed by atoms with Crippen LogP contribution in [0.15, 0.2) is 30.3 Å². The number of carbonyl (C=O) groups is 1. The number of aliphatic hydroxyl groups excluding tert-OH is 1. The normalized spacial score (nSPS) is 14.5. The minimum atomic E-state index is -1.48. The molecule has 0 radical (unpaired) electrons. The molecule has 4 heteroatoms. The second-order valence-corrected chi connectivity index (χ2v) is 3.47. The van der Waals surface area contributed by atoms with Gasteiger partial charge in [0.2, 0.25) is 0 Å². The van der Waals surface area contributed by atoms with Crippen molar-refractivity contribution in [2.24, 2.45) is 5.73 Å². The van der Waals surface area contributed by atoms with E-state index in [1.807, 2.05) is 30.3 Å². The molecule has 1 aromatic carbocycles. The smallest absolute Gasteiger partial charge is 0.334 e. The lowest BCUT2D eigenvalue weighted by Crippen LogP contribution is -2.40. The highest BCUT2D eigenvalue weighted by Crippen LogP contribution is 2.06. The lowest BCUT2D eigenvalue weighted by molar-refractivity contribution is -0.147. The van der Waals surface area contributed by atoms with Crippen molar-refractivity contribution in [3.8, 4) is 0 Å². The van der Waals surface area contributed by atoms with E-state index in [4.69, 9.17) is 15.9 Å². The topological polar surface area (TPSA) is 83.5 Å². The summed E-state index contributed by atoms with van der Waals surface area (Å²) in [6.07, 6.45) is -0.349. The van der Waals surface area contributed by atoms with E-state index in [1.165, 1.54) is 0 Å². The molecule has 0 fully saturated rings. The summed E-state index contributed by atoms with van der Waals surface area (Å²) in [5, 5.41) is 17.7. The van der Waals surface area contributed by atoms with Crippen LogP contribution in [0.25, 0.3) is 0 Å². The fourth-order valence-electron chi connectivity index (χ4n) is 1.32. The van der Waals surface area contributed by atoms with Crippen LogP contribution in [0.2, 0.25) is 0 Å². The highest BCUT2D eigenvalue weighted by Gasteiger charge is 2.21. The van der Waals surface area contributed by atoms with E-state index in [-0.39, 0.29) is 0 Å². The van der Waals surface area contributed by atoms with Crippen molar-refractivity contribution in [3.63, 3.8) is 0 Å². The van der Waals surface area contributed by atoms with Crippen LogP contribution < -0.4 is 5.73 Å². The predicted molar refractivity (Wildman–Crippen MR) is 56.4 cm³/mol. The number of carboxylic acid groups (broad SMARTS) is 1. The molecule has 0 saturated carbocycles. The maximum atomic E-state index is 10.4. The van der Waals surface area contributed by atoms with Gasteiger partial charge in [0.1, 0.15) is 0 Å². The quantitative estimate of drug-likeness (QED) is 0.655. The Morgan fingerprint density at radius 3 is 2.47 bits per heavy atom. The van der Waals surface area contributed by atoms with Crippen LogP contribution in [-0.4, -0.2) is 28.3 Å². The predicted octanol–water partition coefficient (Wildman–Crippen LogP) is 0.392. The molecule has 0 aliphatic carbocycles. The zero-order valence-electron chi connectivity index (χ0n) is 8.34. The Labute approximate surface area is 88.3 Å². The molecule has 2 atom stereocenters. The maximum absolute atomic E-state index is 10.4. The first-order valence-electron chi connectivity index (χ1n) is 4.81. The van der Waals surface area contributed by atoms with Crippen LogP contribution in [0.1, 0.15) is 12.0 Å². The highest BCUT2D eigenvalue weighted by atomic mass is 16.4. The van der Waals surface area contributed by atoms with Gasteiger partial charge in [0.15, 0.2) is 6.10 Å². The van der Waals surface area contributed by atoms with Crippen molar-refractivity contribution >= 4 is 5.97 Å². The first kappa shape index (κ1) is 11.7. The van der Waals surface area contributed by atoms with Gasteiger partial charge in [-0.25, -0.2) is 4.79 Å². The molecule has 82 valence electrons. The number of aliphatic hydroxyl groups is 1. The van der Waals surface area contributed by atoms with Crippen LogP contribution in [0.3, 0.4) is 0 Å². The van der Waals surface area contributed by atoms with E-state index in [1.54, 1.807) is 0 Å². The number of carboxylic acids is 1. The van der Waals surface area contributed by atoms with Crippen LogP contribution in [0.5, 0.6) is 0 Å². The number of hydrogen-bond donors (Lipinski definition) is 3. The molecule has 1 rings (SSSR count). The van der Waals surface area contributed by atoms with Gasteiger partial charge in [0.25, 0.3) is 0 Å². The summed E-state index contributed by atoms with van der Waals surface area (Å²) >= 11 is 0. The van der Waals surface area contributed by atoms with Crippen molar-refractivity contribution in [1.29, 1.82) is 0 Å². The number of aryl methyl sites for hydroxylation is 1. The van der Waals surface area contributed by atoms with Gasteiger partial charge in [-0.05, 0) is 18.4 Å². The summed E-state index contributed by atoms with van der Waals surface area (Å²) in [5.74, 6) is -1.27. The second kappa shape index (κ2) is 5.48. The first-order valence-corrected chi connectivity index (χ1v) is 4.81. The van der Waals surface area contributed by atoms with E-state index in [0.29, 0.717) is 12.8 Å². The fraction of sp³-hybridized carbons (Fsp3) is 0.364. The Bertz CT molecular complexity index is 313. The number of aliphatic carboxylic acids is 1. The summed E-state index contributed by atoms with van der Waals surface area (Å²) in [5.41, 5.74) is 6.62. The minimum Gasteiger partial charge on any atom is -0.479 e. The summed E-state index contributed by atoms with van der Waals surface area (Å²) < 4.78 is 0. The van der Waals surface area contributed by atoms with Gasteiger partial charge in [0, 0.05) is 6.04 Å². The first-order chi connectivity index (χ1) is 7.11. The van der Waals surface area contributed by atoms with Gasteiger partial charge in [-0.2, -0.15) is 0 Å². The summed E-state index contributed by atoms with van der Waals surface area (Å²) in [4.78, 5) is 10.4. The lowest BCUT2D eigenvalue weighted by atomic mass is 10.0. The van der Waals surface area contributed by atoms with Crippen molar-refractivity contribution in [3.05, 3.63) is 35.9 Å². The Kier molecular flexibility index (Phi) is 4.27. The molecule has 0 unspecified atom stereocenters. The number of rotatable bonds is 5. The van der Waals surface area contributed by atoms with Crippen molar-refractivity contribution < 1.29 is 15.0 Å². The standard InChI is InChI=1S/C11H15NO3/c12-9(10(13)11(14)15)7-6-8-4-2-1-3-5-8/h1-5,9-10,13H,6-7,12H2,(H,14,15)/t9-,10-/m0/s1. The Balaban J connectivity index is 2.41. The molecule has 0 aliphatic heterocycles. The van der Waals surface area contributed by atoms with Gasteiger partial charge < -0.3 is 15.9 Å². The van der Waals surface area contributed by atoms with Gasteiger partial charge in [-0.1, -0.05) is 30.3 Å². The monoisotopic (exact) mass is 209 g/mol. The van der Waals surface area contributed by atoms with Gasteiger partial charge in [-0.15, -0.1) is 0 Å². The summed E-state index contributed by atoms with van der Waals surface area (Å²) in [6.45, 7) is 0. The molecule has 4 nitrogen and oxygen atoms in total. The van der Waals surface area contributed by atoms with Crippen molar-refractivity contribution in [1.82, 2.24) is 0 Å². The molecule has 0 bridgehead atoms. The molecule has 0 aliphatic rings. The Hall–Kier alpha value is -1.39. The average molecular weight is 209 g/mol. The number of nitrogens with two attached hydrogens (primary N) is 1. The zero-order valence-corrected chi connectivity index (χ0v) is 8.34. The molecular weight excluding hydrogens is 194 g/mol. The third-order valence-corrected chi connectivity index (χ3v) is 2.27. The summed E-state index contributed by atoms with van der Waals surface area (Å²) in [7, 11) is 0. The fourth-order valence-corrected chi connectivity index (χ4v) is 1.32. The number of benzene rings is 1. The summed E-state index contributed by atoms with van der Waals surface area (Å²) in [6, 6.07) is 8.90. The van der Waals surface area contributed by atoms with Crippen LogP contribution >= 0.6 is 0 Å². The number of hydrogen-bond acceptors (Lipinski definition) is 3. The molecule has 4 N–H and O–H groups in total. The van der Waals surface area contributed by atoms with Crippen molar-refractivity contribution in [2.75, 3.05) is 0 Å². The van der Waals surface area contributed by atoms with E-state index in [2.05, 4.69) is 0 Å². The van der Waals surface area contributed by atoms with Crippen molar-refractivity contribution in [2.45, 2.75) is 25.0 Å². The molecule has 0 spiro atoms. The zero-order chi connectivity index (χ0) is 11.3. The lowest BCUT2D eigenvalue weighted by Gasteiger charge is -2.14. The second-order valence-electron chi connectivity index (χ2n) is 3.47. The van der Waals surface area contributed by atoms with E-state index in [9.17, 15) is 4.79 Å². The average Bonchev–Trinajstić information content (AvgIpc) is 2.26. The van der Waals surface area contributed by atoms with Crippen LogP contribution in [-0.2, 0) is 11.2 Å². The molecule has 0 heterocycles. The molecule has 0 aromatic heterocycles. The molecule has 1 aromatic rings. The van der Waals surface area contributed by atoms with Gasteiger partial charge in [0.05, 0.1) is 0 Å². The van der Waals surface area contributed by atoms with E-state index < -0.39 is 18.1 Å². The van der Waals surface area contributed by atoms with Gasteiger partial charge >= 0.3 is 5.97 Å². The van der Waals surface area contributed by atoms with E-state index in [0.717, 1.165) is 5.56 Å². The SMILES string of the molecule is N[C@@H](CCc1ccccc1)[C@H](O)C(=O)O. The molecule has 0 amide bonds. The third-order valence-electron chi connectivity index (χ3n) is 2.27. The molecular formula is C11H15NO3. The minimum absolute atomic E-state index is 0.456.